The summed E-state index contributed by atoms with van der Waals surface area (Å²) < 4.78 is 13.4. The number of amides is 1. The molecule has 0 aliphatic carbocycles. The van der Waals surface area contributed by atoms with Gasteiger partial charge in [0.25, 0.3) is 5.91 Å². The molecule has 5 nitrogen and oxygen atoms in total. The summed E-state index contributed by atoms with van der Waals surface area (Å²) in [4.78, 5) is 24.0. The molecule has 3 aromatic rings. The molecule has 6 heteroatoms. The molecule has 0 unspecified atom stereocenters. The van der Waals surface area contributed by atoms with E-state index >= 15 is 0 Å². The van der Waals surface area contributed by atoms with Crippen LogP contribution in [0, 0.1) is 12.7 Å². The van der Waals surface area contributed by atoms with Crippen molar-refractivity contribution in [2.24, 2.45) is 0 Å². The van der Waals surface area contributed by atoms with Crippen LogP contribution in [0.2, 0.25) is 0 Å². The second-order valence-corrected chi connectivity index (χ2v) is 6.92. The third-order valence-corrected chi connectivity index (χ3v) is 4.90. The van der Waals surface area contributed by atoms with Crippen molar-refractivity contribution in [1.82, 2.24) is 9.97 Å². The standard InChI is InChI=1S/C22H21FN4O/c1-15-13-18(7-8-19(15)23)26-22(28)17-6-4-5-16(14-17)20-21(25-10-9-24-20)27-11-2-3-12-27/h4-10,13-14H,2-3,11-12H2,1H3,(H,26,28). The second-order valence-electron chi connectivity index (χ2n) is 6.92. The lowest BCUT2D eigenvalue weighted by Gasteiger charge is -2.19. The van der Waals surface area contributed by atoms with Gasteiger partial charge in [-0.2, -0.15) is 0 Å². The fourth-order valence-electron chi connectivity index (χ4n) is 3.43. The van der Waals surface area contributed by atoms with Crippen LogP contribution in [-0.4, -0.2) is 29.0 Å². The van der Waals surface area contributed by atoms with Gasteiger partial charge in [0.1, 0.15) is 11.5 Å². The van der Waals surface area contributed by atoms with Crippen LogP contribution in [0.4, 0.5) is 15.9 Å². The molecule has 0 radical (unpaired) electrons. The van der Waals surface area contributed by atoms with Gasteiger partial charge in [-0.05, 0) is 55.7 Å². The summed E-state index contributed by atoms with van der Waals surface area (Å²) in [5.41, 5.74) is 3.18. The van der Waals surface area contributed by atoms with Crippen LogP contribution in [0.5, 0.6) is 0 Å². The number of nitrogens with zero attached hydrogens (tertiary/aromatic N) is 3. The molecule has 1 aliphatic heterocycles. The maximum Gasteiger partial charge on any atom is 0.255 e. The lowest BCUT2D eigenvalue weighted by atomic mass is 10.1. The van der Waals surface area contributed by atoms with Crippen LogP contribution in [0.3, 0.4) is 0 Å². The van der Waals surface area contributed by atoms with Gasteiger partial charge >= 0.3 is 0 Å². The molecule has 0 saturated carbocycles. The predicted molar refractivity (Wildman–Crippen MR) is 108 cm³/mol. The number of hydrogen-bond acceptors (Lipinski definition) is 4. The van der Waals surface area contributed by atoms with Gasteiger partial charge < -0.3 is 10.2 Å². The summed E-state index contributed by atoms with van der Waals surface area (Å²) in [6, 6.07) is 11.9. The van der Waals surface area contributed by atoms with Gasteiger partial charge in [0.05, 0.1) is 0 Å². The number of anilines is 2. The Labute approximate surface area is 163 Å². The number of aryl methyl sites for hydroxylation is 1. The first-order valence-corrected chi connectivity index (χ1v) is 9.36. The third kappa shape index (κ3) is 3.71. The zero-order chi connectivity index (χ0) is 19.5. The number of hydrogen-bond donors (Lipinski definition) is 1. The molecule has 2 aromatic carbocycles. The van der Waals surface area contributed by atoms with E-state index in [9.17, 15) is 9.18 Å². The van der Waals surface area contributed by atoms with E-state index in [4.69, 9.17) is 0 Å². The van der Waals surface area contributed by atoms with Gasteiger partial charge in [-0.3, -0.25) is 9.78 Å². The van der Waals surface area contributed by atoms with Crippen LogP contribution in [0.1, 0.15) is 28.8 Å². The number of aromatic nitrogens is 2. The molecule has 1 saturated heterocycles. The van der Waals surface area contributed by atoms with E-state index in [1.54, 1.807) is 37.5 Å². The molecular weight excluding hydrogens is 355 g/mol. The highest BCUT2D eigenvalue weighted by atomic mass is 19.1. The summed E-state index contributed by atoms with van der Waals surface area (Å²) in [6.45, 7) is 3.60. The molecule has 1 aliphatic rings. The molecular formula is C22H21FN4O. The van der Waals surface area contributed by atoms with Crippen LogP contribution < -0.4 is 10.2 Å². The average Bonchev–Trinajstić information content (AvgIpc) is 3.25. The smallest absolute Gasteiger partial charge is 0.255 e. The first-order valence-electron chi connectivity index (χ1n) is 9.36. The van der Waals surface area contributed by atoms with Crippen LogP contribution >= 0.6 is 0 Å². The number of carbonyl (C=O) groups is 1. The molecule has 1 fully saturated rings. The number of benzene rings is 2. The maximum atomic E-state index is 13.4. The highest BCUT2D eigenvalue weighted by Crippen LogP contribution is 2.29. The molecule has 2 heterocycles. The van der Waals surface area contributed by atoms with Gasteiger partial charge in [-0.15, -0.1) is 0 Å². The molecule has 1 N–H and O–H groups in total. The Balaban J connectivity index is 1.61. The van der Waals surface area contributed by atoms with E-state index in [-0.39, 0.29) is 11.7 Å². The molecule has 142 valence electrons. The monoisotopic (exact) mass is 376 g/mol. The SMILES string of the molecule is Cc1cc(NC(=O)c2cccc(-c3nccnc3N3CCCC3)c2)ccc1F. The highest BCUT2D eigenvalue weighted by molar-refractivity contribution is 6.05. The third-order valence-electron chi connectivity index (χ3n) is 4.90. The van der Waals surface area contributed by atoms with Gasteiger partial charge in [-0.25, -0.2) is 9.37 Å². The number of nitrogens with one attached hydrogen (secondary N) is 1. The summed E-state index contributed by atoms with van der Waals surface area (Å²) in [5, 5.41) is 2.82. The first-order chi connectivity index (χ1) is 13.6. The first kappa shape index (κ1) is 18.1. The van der Waals surface area contributed by atoms with Gasteiger partial charge in [0.2, 0.25) is 0 Å². The van der Waals surface area contributed by atoms with E-state index in [2.05, 4.69) is 20.2 Å². The molecule has 0 atom stereocenters. The van der Waals surface area contributed by atoms with E-state index in [0.717, 1.165) is 43.0 Å². The minimum atomic E-state index is -0.294. The van der Waals surface area contributed by atoms with Crippen molar-refractivity contribution in [2.75, 3.05) is 23.3 Å². The predicted octanol–water partition coefficient (Wildman–Crippen LogP) is 4.44. The Hall–Kier alpha value is -3.28. The zero-order valence-electron chi connectivity index (χ0n) is 15.7. The molecule has 1 aromatic heterocycles. The van der Waals surface area contributed by atoms with Crippen LogP contribution in [-0.2, 0) is 0 Å². The number of halogens is 1. The van der Waals surface area contributed by atoms with Crippen molar-refractivity contribution in [3.05, 3.63) is 71.8 Å². The van der Waals surface area contributed by atoms with Crippen molar-refractivity contribution < 1.29 is 9.18 Å². The topological polar surface area (TPSA) is 58.1 Å². The number of rotatable bonds is 4. The Bertz CT molecular complexity index is 1010. The lowest BCUT2D eigenvalue weighted by molar-refractivity contribution is 0.102. The Morgan fingerprint density at radius 3 is 2.64 bits per heavy atom. The second kappa shape index (κ2) is 7.76. The molecule has 4 rings (SSSR count). The minimum absolute atomic E-state index is 0.250. The Morgan fingerprint density at radius 2 is 1.86 bits per heavy atom. The molecule has 1 amide bonds. The average molecular weight is 376 g/mol. The summed E-state index contributed by atoms with van der Waals surface area (Å²) >= 11 is 0. The van der Waals surface area contributed by atoms with Crippen molar-refractivity contribution >= 4 is 17.4 Å². The van der Waals surface area contributed by atoms with Crippen molar-refractivity contribution in [2.45, 2.75) is 19.8 Å². The minimum Gasteiger partial charge on any atom is -0.355 e. The molecule has 0 spiro atoms. The summed E-state index contributed by atoms with van der Waals surface area (Å²) in [5.74, 6) is 0.309. The molecule has 28 heavy (non-hydrogen) atoms. The van der Waals surface area contributed by atoms with Gasteiger partial charge in [0.15, 0.2) is 5.82 Å². The molecule has 0 bridgehead atoms. The van der Waals surface area contributed by atoms with Gasteiger partial charge in [0, 0.05) is 42.3 Å². The van der Waals surface area contributed by atoms with Crippen molar-refractivity contribution in [3.63, 3.8) is 0 Å². The summed E-state index contributed by atoms with van der Waals surface area (Å²) in [6.07, 6.45) is 5.67. The zero-order valence-corrected chi connectivity index (χ0v) is 15.7. The van der Waals surface area contributed by atoms with E-state index < -0.39 is 0 Å². The Kier molecular flexibility index (Phi) is 5.02. The maximum absolute atomic E-state index is 13.4. The normalized spacial score (nSPS) is 13.6. The summed E-state index contributed by atoms with van der Waals surface area (Å²) in [7, 11) is 0. The van der Waals surface area contributed by atoms with Crippen LogP contribution in [0.25, 0.3) is 11.3 Å². The van der Waals surface area contributed by atoms with Crippen LogP contribution in [0.15, 0.2) is 54.9 Å². The van der Waals surface area contributed by atoms with E-state index in [1.165, 1.54) is 6.07 Å². The Morgan fingerprint density at radius 1 is 1.07 bits per heavy atom. The fraction of sp³-hybridized carbons (Fsp3) is 0.227. The van der Waals surface area contributed by atoms with E-state index in [0.29, 0.717) is 16.8 Å². The van der Waals surface area contributed by atoms with E-state index in [1.807, 2.05) is 18.2 Å². The quantitative estimate of drug-likeness (QED) is 0.731. The van der Waals surface area contributed by atoms with Crippen molar-refractivity contribution in [3.8, 4) is 11.3 Å². The fourth-order valence-corrected chi connectivity index (χ4v) is 3.43. The highest BCUT2D eigenvalue weighted by Gasteiger charge is 2.19. The van der Waals surface area contributed by atoms with Gasteiger partial charge in [-0.1, -0.05) is 12.1 Å². The van der Waals surface area contributed by atoms with Crippen molar-refractivity contribution in [1.29, 1.82) is 0 Å². The largest absolute Gasteiger partial charge is 0.355 e. The lowest BCUT2D eigenvalue weighted by Crippen LogP contribution is -2.20. The number of carbonyl (C=O) groups excluding carboxylic acids is 1.